The number of rotatable bonds is 5. The highest BCUT2D eigenvalue weighted by atomic mass is 16.7. The Hall–Kier alpha value is -4.72. The van der Waals surface area contributed by atoms with Crippen LogP contribution in [0.3, 0.4) is 0 Å². The minimum atomic E-state index is -0.927. The van der Waals surface area contributed by atoms with E-state index in [0.29, 0.717) is 43.2 Å². The lowest BCUT2D eigenvalue weighted by Gasteiger charge is -2.47. The van der Waals surface area contributed by atoms with Gasteiger partial charge in [-0.2, -0.15) is 0 Å². The zero-order valence-electron chi connectivity index (χ0n) is 23.0. The van der Waals surface area contributed by atoms with Crippen LogP contribution in [-0.4, -0.2) is 43.8 Å². The van der Waals surface area contributed by atoms with E-state index in [-0.39, 0.29) is 42.1 Å². The van der Waals surface area contributed by atoms with Gasteiger partial charge in [0.05, 0.1) is 11.5 Å². The van der Waals surface area contributed by atoms with Crippen molar-refractivity contribution >= 4 is 17.5 Å². The summed E-state index contributed by atoms with van der Waals surface area (Å²) in [7, 11) is 0. The number of amides is 2. The SMILES string of the molecule is O=C(NCCCN1C(=O)C2(COc3cc4c(cc32)OCO4)c2ccccc21)C1C=CNC23C=CC=CC2(C=CC=C3)C1. The van der Waals surface area contributed by atoms with Gasteiger partial charge in [-0.1, -0.05) is 72.9 Å². The molecule has 6 aliphatic rings. The number of carbonyl (C=O) groups excluding carboxylic acids is 2. The maximum atomic E-state index is 14.2. The fourth-order valence-electron chi connectivity index (χ4n) is 7.38. The van der Waals surface area contributed by atoms with Crippen molar-refractivity contribution in [2.24, 2.45) is 11.3 Å². The van der Waals surface area contributed by atoms with Crippen molar-refractivity contribution in [1.29, 1.82) is 0 Å². The number of hydrogen-bond acceptors (Lipinski definition) is 6. The van der Waals surface area contributed by atoms with Gasteiger partial charge in [-0.15, -0.1) is 0 Å². The lowest BCUT2D eigenvalue weighted by molar-refractivity contribution is -0.124. The van der Waals surface area contributed by atoms with Crippen molar-refractivity contribution in [3.8, 4) is 17.2 Å². The number of allylic oxidation sites excluding steroid dienone is 4. The second-order valence-corrected chi connectivity index (χ2v) is 11.7. The summed E-state index contributed by atoms with van der Waals surface area (Å²) >= 11 is 0. The standard InChI is InChI=1S/C34H31N3O5/c38-30(23-10-16-36-33-13-5-3-11-32(33,20-23)12-4-6-14-33)35-15-7-17-37-26-9-2-1-8-24(26)34(31(37)39)21-40-27-19-29-28(18-25(27)34)41-22-42-29/h1-6,8-14,16,18-19,23,36H,7,15,17,20-22H2,(H,35,38). The third kappa shape index (κ3) is 3.41. The Kier molecular flexibility index (Phi) is 5.45. The smallest absolute Gasteiger partial charge is 0.245 e. The van der Waals surface area contributed by atoms with Gasteiger partial charge in [0.1, 0.15) is 17.8 Å². The van der Waals surface area contributed by atoms with Crippen LogP contribution < -0.4 is 29.7 Å². The molecule has 0 fully saturated rings. The lowest BCUT2D eigenvalue weighted by Crippen LogP contribution is -2.54. The molecule has 2 aromatic rings. The molecule has 0 saturated carbocycles. The molecule has 0 bridgehead atoms. The Bertz CT molecular complexity index is 1630. The van der Waals surface area contributed by atoms with Crippen LogP contribution in [0, 0.1) is 11.3 Å². The number of carbonyl (C=O) groups is 2. The number of ether oxygens (including phenoxy) is 3. The van der Waals surface area contributed by atoms with E-state index in [2.05, 4.69) is 59.2 Å². The number of fused-ring (bicyclic) bond motifs is 5. The minimum absolute atomic E-state index is 0.0112. The van der Waals surface area contributed by atoms with E-state index in [4.69, 9.17) is 14.2 Å². The first kappa shape index (κ1) is 25.0. The topological polar surface area (TPSA) is 89.1 Å². The van der Waals surface area contributed by atoms with Crippen LogP contribution in [0.15, 0.2) is 97.3 Å². The van der Waals surface area contributed by atoms with Gasteiger partial charge in [-0.3, -0.25) is 9.59 Å². The Morgan fingerprint density at radius 3 is 2.55 bits per heavy atom. The fraction of sp³-hybridized carbons (Fsp3) is 0.294. The summed E-state index contributed by atoms with van der Waals surface area (Å²) in [5, 5.41) is 6.67. The summed E-state index contributed by atoms with van der Waals surface area (Å²) in [6, 6.07) is 11.6. The molecule has 2 N–H and O–H groups in total. The van der Waals surface area contributed by atoms with Gasteiger partial charge in [-0.25, -0.2) is 0 Å². The molecule has 0 saturated heterocycles. The summed E-state index contributed by atoms with van der Waals surface area (Å²) in [4.78, 5) is 29.4. The van der Waals surface area contributed by atoms with Crippen molar-refractivity contribution in [2.45, 2.75) is 23.8 Å². The number of nitrogens with zero attached hydrogens (tertiary/aromatic N) is 1. The van der Waals surface area contributed by atoms with Gasteiger partial charge in [0.2, 0.25) is 18.6 Å². The predicted molar refractivity (Wildman–Crippen MR) is 157 cm³/mol. The summed E-state index contributed by atoms with van der Waals surface area (Å²) < 4.78 is 17.2. The molecule has 2 atom stereocenters. The van der Waals surface area contributed by atoms with Crippen molar-refractivity contribution in [2.75, 3.05) is 31.4 Å². The van der Waals surface area contributed by atoms with Gasteiger partial charge in [-0.05, 0) is 36.7 Å². The average molecular weight is 562 g/mol. The van der Waals surface area contributed by atoms with Gasteiger partial charge >= 0.3 is 0 Å². The molecule has 8 rings (SSSR count). The van der Waals surface area contributed by atoms with Crippen LogP contribution in [0.2, 0.25) is 0 Å². The molecule has 2 amide bonds. The molecule has 0 radical (unpaired) electrons. The Balaban J connectivity index is 0.968. The molecular formula is C34H31N3O5. The molecule has 1 spiro atoms. The first-order valence-electron chi connectivity index (χ1n) is 14.5. The quantitative estimate of drug-likeness (QED) is 0.536. The average Bonchev–Trinajstić information content (AvgIpc) is 3.65. The number of benzene rings is 2. The van der Waals surface area contributed by atoms with Crippen LogP contribution in [0.25, 0.3) is 0 Å². The highest BCUT2D eigenvalue weighted by Crippen LogP contribution is 2.55. The monoisotopic (exact) mass is 561 g/mol. The maximum Gasteiger partial charge on any atom is 0.245 e. The Morgan fingerprint density at radius 1 is 0.952 bits per heavy atom. The molecule has 4 aliphatic heterocycles. The van der Waals surface area contributed by atoms with Crippen LogP contribution >= 0.6 is 0 Å². The van der Waals surface area contributed by atoms with E-state index >= 15 is 0 Å². The Morgan fingerprint density at radius 2 is 1.71 bits per heavy atom. The lowest BCUT2D eigenvalue weighted by atomic mass is 9.61. The van der Waals surface area contributed by atoms with Crippen LogP contribution in [0.4, 0.5) is 5.69 Å². The number of nitrogens with one attached hydrogen (secondary N) is 2. The van der Waals surface area contributed by atoms with Gasteiger partial charge < -0.3 is 29.7 Å². The zero-order chi connectivity index (χ0) is 28.4. The molecule has 42 heavy (non-hydrogen) atoms. The van der Waals surface area contributed by atoms with Crippen LogP contribution in [0.1, 0.15) is 24.0 Å². The summed E-state index contributed by atoms with van der Waals surface area (Å²) in [5.74, 6) is 1.59. The van der Waals surface area contributed by atoms with E-state index in [9.17, 15) is 9.59 Å². The van der Waals surface area contributed by atoms with Crippen LogP contribution in [0.5, 0.6) is 17.2 Å². The second-order valence-electron chi connectivity index (χ2n) is 11.7. The van der Waals surface area contributed by atoms with E-state index in [0.717, 1.165) is 16.8 Å². The zero-order valence-corrected chi connectivity index (χ0v) is 23.0. The molecule has 8 nitrogen and oxygen atoms in total. The minimum Gasteiger partial charge on any atom is -0.491 e. The summed E-state index contributed by atoms with van der Waals surface area (Å²) in [5.41, 5.74) is 0.999. The van der Waals surface area contributed by atoms with E-state index in [1.807, 2.05) is 53.6 Å². The molecule has 0 aromatic heterocycles. The molecule has 4 heterocycles. The maximum absolute atomic E-state index is 14.2. The molecule has 212 valence electrons. The molecule has 2 aromatic carbocycles. The summed E-state index contributed by atoms with van der Waals surface area (Å²) in [6.07, 6.45) is 22.1. The number of hydrogen-bond donors (Lipinski definition) is 2. The van der Waals surface area contributed by atoms with Gasteiger partial charge in [0.15, 0.2) is 11.5 Å². The molecule has 2 aliphatic carbocycles. The first-order chi connectivity index (χ1) is 20.6. The van der Waals surface area contributed by atoms with E-state index in [1.54, 1.807) is 0 Å². The highest BCUT2D eigenvalue weighted by molar-refractivity contribution is 6.11. The fourth-order valence-corrected chi connectivity index (χ4v) is 7.38. The van der Waals surface area contributed by atoms with Crippen molar-refractivity contribution < 1.29 is 23.8 Å². The predicted octanol–water partition coefficient (Wildman–Crippen LogP) is 4.05. The summed E-state index contributed by atoms with van der Waals surface area (Å²) in [6.45, 7) is 1.33. The largest absolute Gasteiger partial charge is 0.491 e. The van der Waals surface area contributed by atoms with Crippen molar-refractivity contribution in [1.82, 2.24) is 10.6 Å². The van der Waals surface area contributed by atoms with Gasteiger partial charge in [0, 0.05) is 35.8 Å². The van der Waals surface area contributed by atoms with E-state index in [1.165, 1.54) is 0 Å². The van der Waals surface area contributed by atoms with Crippen molar-refractivity contribution in [3.05, 3.63) is 108 Å². The first-order valence-corrected chi connectivity index (χ1v) is 14.5. The third-order valence-corrected chi connectivity index (χ3v) is 9.54. The Labute approximate surface area is 244 Å². The number of anilines is 1. The third-order valence-electron chi connectivity index (χ3n) is 9.54. The molecular weight excluding hydrogens is 530 g/mol. The van der Waals surface area contributed by atoms with Crippen LogP contribution in [-0.2, 0) is 15.0 Å². The molecule has 2 unspecified atom stereocenters. The van der Waals surface area contributed by atoms with Crippen molar-refractivity contribution in [3.63, 3.8) is 0 Å². The molecule has 8 heteroatoms. The highest BCUT2D eigenvalue weighted by Gasteiger charge is 2.57. The number of para-hydroxylation sites is 1. The van der Waals surface area contributed by atoms with Gasteiger partial charge in [0.25, 0.3) is 0 Å². The normalized spacial score (nSPS) is 30.3. The van der Waals surface area contributed by atoms with E-state index < -0.39 is 5.41 Å². The second kappa shape index (κ2) is 9.14.